The van der Waals surface area contributed by atoms with Crippen molar-refractivity contribution in [3.8, 4) is 0 Å². The largest absolute Gasteiger partial charge is 0.460 e. The van der Waals surface area contributed by atoms with E-state index in [1.165, 1.54) is 12.8 Å². The van der Waals surface area contributed by atoms with E-state index in [1.807, 2.05) is 0 Å². The molecule has 1 heterocycles. The predicted octanol–water partition coefficient (Wildman–Crippen LogP) is 4.34. The van der Waals surface area contributed by atoms with Crippen molar-refractivity contribution in [2.24, 2.45) is 11.8 Å². The molecule has 1 aliphatic rings. The monoisotopic (exact) mass is 293 g/mol. The van der Waals surface area contributed by atoms with Crippen molar-refractivity contribution in [3.63, 3.8) is 0 Å². The smallest absolute Gasteiger partial charge is 0.376 e. The normalized spacial score (nSPS) is 22.5. The average molecular weight is 293 g/mol. The summed E-state index contributed by atoms with van der Waals surface area (Å²) in [6.07, 6.45) is 5.37. The maximum Gasteiger partial charge on any atom is 0.376 e. The van der Waals surface area contributed by atoms with Crippen molar-refractivity contribution in [3.05, 3.63) is 17.3 Å². The summed E-state index contributed by atoms with van der Waals surface area (Å²) >= 11 is 0. The van der Waals surface area contributed by atoms with Crippen LogP contribution in [0.3, 0.4) is 0 Å². The molecule has 118 valence electrons. The number of hydrogen-bond acceptors (Lipinski definition) is 4. The summed E-state index contributed by atoms with van der Waals surface area (Å²) in [5, 5.41) is 0. The minimum absolute atomic E-state index is 0.319. The first-order valence-electron chi connectivity index (χ1n) is 8.18. The first-order valence-corrected chi connectivity index (χ1v) is 8.18. The molecule has 1 aromatic rings. The standard InChI is InChI=1S/C17H27NO3/c1-5-20-17(19)15-14(10-11(2)3)18-16(21-15)13-8-6-12(4)7-9-13/h11-13H,5-10H2,1-4H3. The lowest BCUT2D eigenvalue weighted by Crippen LogP contribution is -2.11. The van der Waals surface area contributed by atoms with Crippen molar-refractivity contribution < 1.29 is 13.9 Å². The topological polar surface area (TPSA) is 52.3 Å². The fourth-order valence-corrected chi connectivity index (χ4v) is 2.93. The molecule has 0 bridgehead atoms. The number of aromatic nitrogens is 1. The summed E-state index contributed by atoms with van der Waals surface area (Å²) in [7, 11) is 0. The fraction of sp³-hybridized carbons (Fsp3) is 0.765. The minimum atomic E-state index is -0.379. The zero-order chi connectivity index (χ0) is 15.4. The molecular weight excluding hydrogens is 266 g/mol. The molecule has 1 fully saturated rings. The summed E-state index contributed by atoms with van der Waals surface area (Å²) in [4.78, 5) is 16.7. The molecule has 4 heteroatoms. The number of carbonyl (C=O) groups is 1. The van der Waals surface area contributed by atoms with Crippen LogP contribution in [0, 0.1) is 11.8 Å². The molecular formula is C17H27NO3. The molecule has 0 saturated heterocycles. The molecule has 0 aromatic carbocycles. The number of carbonyl (C=O) groups excluding carboxylic acids is 1. The SMILES string of the molecule is CCOC(=O)c1oc(C2CCC(C)CC2)nc1CC(C)C. The summed E-state index contributed by atoms with van der Waals surface area (Å²) in [6, 6.07) is 0. The maximum absolute atomic E-state index is 12.0. The van der Waals surface area contributed by atoms with Gasteiger partial charge in [0.1, 0.15) is 0 Å². The Morgan fingerprint density at radius 3 is 2.57 bits per heavy atom. The van der Waals surface area contributed by atoms with Gasteiger partial charge in [0.05, 0.1) is 12.3 Å². The molecule has 0 atom stereocenters. The van der Waals surface area contributed by atoms with Crippen LogP contribution in [0.15, 0.2) is 4.42 Å². The highest BCUT2D eigenvalue weighted by atomic mass is 16.5. The molecule has 21 heavy (non-hydrogen) atoms. The Bertz CT molecular complexity index is 470. The van der Waals surface area contributed by atoms with Gasteiger partial charge in [-0.05, 0) is 50.9 Å². The zero-order valence-electron chi connectivity index (χ0n) is 13.6. The van der Waals surface area contributed by atoms with Crippen LogP contribution in [-0.2, 0) is 11.2 Å². The summed E-state index contributed by atoms with van der Waals surface area (Å²) in [5.74, 6) is 2.25. The van der Waals surface area contributed by atoms with Gasteiger partial charge in [0.25, 0.3) is 0 Å². The molecule has 0 N–H and O–H groups in total. The van der Waals surface area contributed by atoms with Crippen LogP contribution in [0.4, 0.5) is 0 Å². The van der Waals surface area contributed by atoms with Crippen LogP contribution in [0.5, 0.6) is 0 Å². The quantitative estimate of drug-likeness (QED) is 0.758. The number of hydrogen-bond donors (Lipinski definition) is 0. The first-order chi connectivity index (χ1) is 10.0. The summed E-state index contributed by atoms with van der Waals surface area (Å²) in [6.45, 7) is 8.69. The molecule has 0 radical (unpaired) electrons. The molecule has 4 nitrogen and oxygen atoms in total. The van der Waals surface area contributed by atoms with Crippen molar-refractivity contribution >= 4 is 5.97 Å². The van der Waals surface area contributed by atoms with Crippen molar-refractivity contribution in [1.29, 1.82) is 0 Å². The Hall–Kier alpha value is -1.32. The number of rotatable bonds is 5. The van der Waals surface area contributed by atoms with E-state index in [4.69, 9.17) is 9.15 Å². The van der Waals surface area contributed by atoms with Gasteiger partial charge in [0.15, 0.2) is 5.89 Å². The van der Waals surface area contributed by atoms with E-state index in [9.17, 15) is 4.79 Å². The first kappa shape index (κ1) is 16.1. The zero-order valence-corrected chi connectivity index (χ0v) is 13.6. The van der Waals surface area contributed by atoms with Gasteiger partial charge in [-0.15, -0.1) is 0 Å². The number of oxazole rings is 1. The number of ether oxygens (including phenoxy) is 1. The second-order valence-electron chi connectivity index (χ2n) is 6.60. The van der Waals surface area contributed by atoms with Crippen LogP contribution < -0.4 is 0 Å². The van der Waals surface area contributed by atoms with E-state index in [0.717, 1.165) is 36.8 Å². The Morgan fingerprint density at radius 2 is 2.00 bits per heavy atom. The Morgan fingerprint density at radius 1 is 1.33 bits per heavy atom. The van der Waals surface area contributed by atoms with Gasteiger partial charge in [-0.1, -0.05) is 20.8 Å². The number of nitrogens with zero attached hydrogens (tertiary/aromatic N) is 1. The second kappa shape index (κ2) is 7.10. The Kier molecular flexibility index (Phi) is 5.43. The average Bonchev–Trinajstić information content (AvgIpc) is 2.83. The van der Waals surface area contributed by atoms with Gasteiger partial charge in [0.2, 0.25) is 5.76 Å². The Labute approximate surface area is 127 Å². The van der Waals surface area contributed by atoms with E-state index in [1.54, 1.807) is 6.92 Å². The molecule has 0 aliphatic heterocycles. The van der Waals surface area contributed by atoms with Gasteiger partial charge < -0.3 is 9.15 Å². The van der Waals surface area contributed by atoms with E-state index >= 15 is 0 Å². The molecule has 0 spiro atoms. The highest BCUT2D eigenvalue weighted by Crippen LogP contribution is 2.36. The molecule has 0 amide bonds. The predicted molar refractivity (Wildman–Crippen MR) is 81.4 cm³/mol. The van der Waals surface area contributed by atoms with E-state index in [2.05, 4.69) is 25.8 Å². The summed E-state index contributed by atoms with van der Waals surface area (Å²) in [5.41, 5.74) is 0.761. The van der Waals surface area contributed by atoms with E-state index < -0.39 is 0 Å². The lowest BCUT2D eigenvalue weighted by atomic mass is 9.83. The van der Waals surface area contributed by atoms with Gasteiger partial charge in [-0.3, -0.25) is 0 Å². The van der Waals surface area contributed by atoms with Gasteiger partial charge >= 0.3 is 5.97 Å². The minimum Gasteiger partial charge on any atom is -0.460 e. The number of esters is 1. The molecule has 1 saturated carbocycles. The van der Waals surface area contributed by atoms with Gasteiger partial charge in [-0.2, -0.15) is 0 Å². The summed E-state index contributed by atoms with van der Waals surface area (Å²) < 4.78 is 10.9. The van der Waals surface area contributed by atoms with E-state index in [-0.39, 0.29) is 5.97 Å². The third-order valence-corrected chi connectivity index (χ3v) is 4.14. The highest BCUT2D eigenvalue weighted by molar-refractivity contribution is 5.87. The second-order valence-corrected chi connectivity index (χ2v) is 6.60. The molecule has 2 rings (SSSR count). The maximum atomic E-state index is 12.0. The van der Waals surface area contributed by atoms with Crippen molar-refractivity contribution in [2.75, 3.05) is 6.61 Å². The molecule has 0 unspecified atom stereocenters. The van der Waals surface area contributed by atoms with Crippen molar-refractivity contribution in [2.45, 2.75) is 65.7 Å². The van der Waals surface area contributed by atoms with Crippen molar-refractivity contribution in [1.82, 2.24) is 4.98 Å². The van der Waals surface area contributed by atoms with Crippen LogP contribution in [0.25, 0.3) is 0 Å². The van der Waals surface area contributed by atoms with Crippen LogP contribution in [0.2, 0.25) is 0 Å². The molecule has 1 aliphatic carbocycles. The third-order valence-electron chi connectivity index (χ3n) is 4.14. The van der Waals surface area contributed by atoms with Crippen LogP contribution >= 0.6 is 0 Å². The third kappa shape index (κ3) is 4.08. The Balaban J connectivity index is 2.20. The van der Waals surface area contributed by atoms with Gasteiger partial charge in [0, 0.05) is 5.92 Å². The highest BCUT2D eigenvalue weighted by Gasteiger charge is 2.28. The molecule has 1 aromatic heterocycles. The van der Waals surface area contributed by atoms with E-state index in [0.29, 0.717) is 24.2 Å². The van der Waals surface area contributed by atoms with Crippen LogP contribution in [-0.4, -0.2) is 17.6 Å². The van der Waals surface area contributed by atoms with Gasteiger partial charge in [-0.25, -0.2) is 9.78 Å². The lowest BCUT2D eigenvalue weighted by molar-refractivity contribution is 0.0484. The van der Waals surface area contributed by atoms with Crippen LogP contribution in [0.1, 0.15) is 81.4 Å². The fourth-order valence-electron chi connectivity index (χ4n) is 2.93. The lowest BCUT2D eigenvalue weighted by Gasteiger charge is -2.23.